The molecule has 2 aromatic carbocycles. The first-order valence-corrected chi connectivity index (χ1v) is 15.3. The molecule has 3 aromatic rings. The number of carbonyl (C=O) groups is 2. The fourth-order valence-electron chi connectivity index (χ4n) is 6.03. The number of morpholine rings is 1. The van der Waals surface area contributed by atoms with Crippen molar-refractivity contribution in [1.29, 1.82) is 0 Å². The Morgan fingerprint density at radius 1 is 0.909 bits per heavy atom. The average molecular weight is 626 g/mol. The molecule has 232 valence electrons. The van der Waals surface area contributed by atoms with Crippen molar-refractivity contribution in [2.45, 2.75) is 38.1 Å². The lowest BCUT2D eigenvalue weighted by Crippen LogP contribution is -2.42. The second-order valence-corrected chi connectivity index (χ2v) is 11.6. The van der Waals surface area contributed by atoms with Crippen LogP contribution < -0.4 is 20.4 Å². The standard InChI is InChI=1S/C31H34ClF2N7O3/c32-25-19-35-31(37-23-16-20(33)15-21(34)17-23)38-28(25)41-10-4-5-27(41)29(42)36-22-6-7-26(39-8-2-1-3-9-39)24(18-22)30(43)40-11-13-44-14-12-40/h6-7,15-19,27H,1-5,8-14H2,(H,36,42)(H,35,37,38)/t27-/m0/s1. The predicted molar refractivity (Wildman–Crippen MR) is 165 cm³/mol. The summed E-state index contributed by atoms with van der Waals surface area (Å²) >= 11 is 6.48. The first-order chi connectivity index (χ1) is 21.4. The lowest BCUT2D eigenvalue weighted by molar-refractivity contribution is -0.117. The summed E-state index contributed by atoms with van der Waals surface area (Å²) in [5.74, 6) is -1.39. The van der Waals surface area contributed by atoms with E-state index in [2.05, 4.69) is 25.5 Å². The van der Waals surface area contributed by atoms with Gasteiger partial charge in [-0.15, -0.1) is 0 Å². The molecule has 0 unspecified atom stereocenters. The molecule has 0 bridgehead atoms. The second-order valence-electron chi connectivity index (χ2n) is 11.2. The van der Waals surface area contributed by atoms with E-state index in [0.717, 1.165) is 56.2 Å². The summed E-state index contributed by atoms with van der Waals surface area (Å²) in [6.45, 7) is 4.35. The summed E-state index contributed by atoms with van der Waals surface area (Å²) in [5, 5.41) is 6.06. The zero-order valence-corrected chi connectivity index (χ0v) is 25.0. The fraction of sp³-hybridized carbons (Fsp3) is 0.419. The molecule has 3 aliphatic heterocycles. The van der Waals surface area contributed by atoms with Crippen LogP contribution in [0.25, 0.3) is 0 Å². The van der Waals surface area contributed by atoms with Gasteiger partial charge >= 0.3 is 0 Å². The number of carbonyl (C=O) groups excluding carboxylic acids is 2. The van der Waals surface area contributed by atoms with Crippen LogP contribution in [0.3, 0.4) is 0 Å². The van der Waals surface area contributed by atoms with E-state index in [1.54, 1.807) is 15.9 Å². The van der Waals surface area contributed by atoms with E-state index in [1.807, 2.05) is 12.1 Å². The Labute approximate surface area is 259 Å². The number of benzene rings is 2. The van der Waals surface area contributed by atoms with Crippen LogP contribution >= 0.6 is 11.6 Å². The lowest BCUT2D eigenvalue weighted by atomic mass is 10.0. The Morgan fingerprint density at radius 3 is 2.41 bits per heavy atom. The lowest BCUT2D eigenvalue weighted by Gasteiger charge is -2.33. The van der Waals surface area contributed by atoms with Gasteiger partial charge in [0.1, 0.15) is 22.7 Å². The third-order valence-corrected chi connectivity index (χ3v) is 8.43. The molecule has 3 saturated heterocycles. The SMILES string of the molecule is O=C(Nc1ccc(N2CCCCC2)c(C(=O)N2CCOCC2)c1)[C@@H]1CCCN1c1nc(Nc2cc(F)cc(F)c2)ncc1Cl. The van der Waals surface area contributed by atoms with Gasteiger partial charge in [-0.3, -0.25) is 9.59 Å². The van der Waals surface area contributed by atoms with Gasteiger partial charge in [0, 0.05) is 55.9 Å². The molecule has 10 nitrogen and oxygen atoms in total. The van der Waals surface area contributed by atoms with Crippen LogP contribution in [-0.2, 0) is 9.53 Å². The second kappa shape index (κ2) is 13.3. The summed E-state index contributed by atoms with van der Waals surface area (Å²) in [5.41, 5.74) is 2.12. The van der Waals surface area contributed by atoms with Crippen LogP contribution in [0.15, 0.2) is 42.6 Å². The highest BCUT2D eigenvalue weighted by molar-refractivity contribution is 6.33. The summed E-state index contributed by atoms with van der Waals surface area (Å²) in [4.78, 5) is 41.8. The Bertz CT molecular complexity index is 1510. The number of hydrogen-bond donors (Lipinski definition) is 2. The number of amides is 2. The number of nitrogens with one attached hydrogen (secondary N) is 2. The molecule has 2 amide bonds. The molecular formula is C31H34ClF2N7O3. The Kier molecular flexibility index (Phi) is 9.08. The van der Waals surface area contributed by atoms with Crippen LogP contribution in [0.4, 0.5) is 37.6 Å². The molecule has 4 heterocycles. The van der Waals surface area contributed by atoms with Gasteiger partial charge in [0.2, 0.25) is 11.9 Å². The van der Waals surface area contributed by atoms with E-state index >= 15 is 0 Å². The molecule has 0 aliphatic carbocycles. The van der Waals surface area contributed by atoms with Crippen molar-refractivity contribution in [2.75, 3.05) is 66.4 Å². The molecule has 13 heteroatoms. The van der Waals surface area contributed by atoms with Crippen LogP contribution in [0, 0.1) is 11.6 Å². The molecule has 0 radical (unpaired) electrons. The van der Waals surface area contributed by atoms with Crippen molar-refractivity contribution in [1.82, 2.24) is 14.9 Å². The van der Waals surface area contributed by atoms with Crippen molar-refractivity contribution in [3.63, 3.8) is 0 Å². The largest absolute Gasteiger partial charge is 0.378 e. The monoisotopic (exact) mass is 625 g/mol. The van der Waals surface area contributed by atoms with Gasteiger partial charge in [0.25, 0.3) is 5.91 Å². The van der Waals surface area contributed by atoms with Crippen LogP contribution in [0.2, 0.25) is 5.02 Å². The van der Waals surface area contributed by atoms with E-state index in [0.29, 0.717) is 56.3 Å². The predicted octanol–water partition coefficient (Wildman–Crippen LogP) is 5.22. The highest BCUT2D eigenvalue weighted by Gasteiger charge is 2.34. The Balaban J connectivity index is 1.22. The van der Waals surface area contributed by atoms with Crippen molar-refractivity contribution in [2.24, 2.45) is 0 Å². The number of nitrogens with zero attached hydrogens (tertiary/aromatic N) is 5. The normalized spacial score (nSPS) is 18.8. The number of halogens is 3. The average Bonchev–Trinajstić information content (AvgIpc) is 3.52. The zero-order chi connectivity index (χ0) is 30.6. The van der Waals surface area contributed by atoms with Crippen LogP contribution in [0.1, 0.15) is 42.5 Å². The number of aromatic nitrogens is 2. The van der Waals surface area contributed by atoms with E-state index < -0.39 is 17.7 Å². The number of rotatable bonds is 7. The fourth-order valence-corrected chi connectivity index (χ4v) is 6.23. The minimum Gasteiger partial charge on any atom is -0.378 e. The van der Waals surface area contributed by atoms with E-state index in [4.69, 9.17) is 16.3 Å². The quantitative estimate of drug-likeness (QED) is 0.368. The molecule has 0 saturated carbocycles. The molecule has 3 aliphatic rings. The Morgan fingerprint density at radius 2 is 1.66 bits per heavy atom. The minimum absolute atomic E-state index is 0.0709. The summed E-state index contributed by atoms with van der Waals surface area (Å²) < 4.78 is 32.8. The van der Waals surface area contributed by atoms with Gasteiger partial charge in [0.15, 0.2) is 5.82 Å². The van der Waals surface area contributed by atoms with Gasteiger partial charge in [-0.25, -0.2) is 13.8 Å². The number of piperidine rings is 1. The van der Waals surface area contributed by atoms with Crippen LogP contribution in [0.5, 0.6) is 0 Å². The molecule has 44 heavy (non-hydrogen) atoms. The molecule has 1 aromatic heterocycles. The topological polar surface area (TPSA) is 103 Å². The van der Waals surface area contributed by atoms with Gasteiger partial charge in [-0.05, 0) is 62.4 Å². The highest BCUT2D eigenvalue weighted by atomic mass is 35.5. The van der Waals surface area contributed by atoms with E-state index in [-0.39, 0.29) is 28.5 Å². The molecule has 1 atom stereocenters. The molecule has 6 rings (SSSR count). The molecule has 3 fully saturated rings. The van der Waals surface area contributed by atoms with E-state index in [9.17, 15) is 18.4 Å². The van der Waals surface area contributed by atoms with E-state index in [1.165, 1.54) is 12.6 Å². The van der Waals surface area contributed by atoms with Crippen molar-refractivity contribution in [3.8, 4) is 0 Å². The minimum atomic E-state index is -0.739. The molecule has 0 spiro atoms. The smallest absolute Gasteiger partial charge is 0.256 e. The summed E-state index contributed by atoms with van der Waals surface area (Å²) in [7, 11) is 0. The number of hydrogen-bond acceptors (Lipinski definition) is 8. The van der Waals surface area contributed by atoms with Gasteiger partial charge < -0.3 is 30.1 Å². The van der Waals surface area contributed by atoms with Crippen molar-refractivity contribution in [3.05, 3.63) is 64.8 Å². The van der Waals surface area contributed by atoms with Gasteiger partial charge in [-0.2, -0.15) is 4.98 Å². The Hall–Kier alpha value is -4.03. The molecular weight excluding hydrogens is 592 g/mol. The molecule has 2 N–H and O–H groups in total. The highest BCUT2D eigenvalue weighted by Crippen LogP contribution is 2.33. The maximum Gasteiger partial charge on any atom is 0.256 e. The first-order valence-electron chi connectivity index (χ1n) is 14.9. The third-order valence-electron chi connectivity index (χ3n) is 8.16. The first kappa shape index (κ1) is 30.0. The summed E-state index contributed by atoms with van der Waals surface area (Å²) in [6.07, 6.45) is 6.00. The maximum atomic E-state index is 13.7. The maximum absolute atomic E-state index is 13.7. The van der Waals surface area contributed by atoms with Gasteiger partial charge in [-0.1, -0.05) is 11.6 Å². The summed E-state index contributed by atoms with van der Waals surface area (Å²) in [6, 6.07) is 7.99. The van der Waals surface area contributed by atoms with Crippen molar-refractivity contribution >= 4 is 52.2 Å². The van der Waals surface area contributed by atoms with Gasteiger partial charge in [0.05, 0.1) is 25.0 Å². The van der Waals surface area contributed by atoms with Crippen molar-refractivity contribution < 1.29 is 23.1 Å². The van der Waals surface area contributed by atoms with Crippen LogP contribution in [-0.4, -0.2) is 78.7 Å². The third kappa shape index (κ3) is 6.71. The number of ether oxygens (including phenoxy) is 1. The number of anilines is 5. The zero-order valence-electron chi connectivity index (χ0n) is 24.2.